The Labute approximate surface area is 175 Å². The van der Waals surface area contributed by atoms with Crippen LogP contribution in [0.15, 0.2) is 18.2 Å². The summed E-state index contributed by atoms with van der Waals surface area (Å²) in [5.41, 5.74) is 0.581. The fourth-order valence-corrected chi connectivity index (χ4v) is 2.32. The molecule has 0 spiro atoms. The number of amides is 3. The van der Waals surface area contributed by atoms with Gasteiger partial charge in [0.1, 0.15) is 0 Å². The number of imide groups is 1. The van der Waals surface area contributed by atoms with E-state index in [9.17, 15) is 14.4 Å². The lowest BCUT2D eigenvalue weighted by atomic mass is 10.2. The first kappa shape index (κ1) is 24.3. The molecule has 0 saturated heterocycles. The van der Waals surface area contributed by atoms with E-state index in [1.807, 2.05) is 20.8 Å². The number of halogens is 1. The molecule has 3 amide bonds. The topological polar surface area (TPSA) is 103 Å². The standard InChI is InChI=1S/C20H27ClN2O6/c1-6-13(4)22-20(26)23-17(24)11-28-18(25)8-7-14-9-15(21)19(29-12(2)3)16(10-14)27-5/h7-10,12-13H,6,11H2,1-5H3,(H2,22,23,24,26)/b8-7+/t13-/m1/s1. The van der Waals surface area contributed by atoms with E-state index in [0.29, 0.717) is 22.1 Å². The highest BCUT2D eigenvalue weighted by Crippen LogP contribution is 2.37. The van der Waals surface area contributed by atoms with Gasteiger partial charge in [-0.3, -0.25) is 10.1 Å². The van der Waals surface area contributed by atoms with E-state index < -0.39 is 24.5 Å². The summed E-state index contributed by atoms with van der Waals surface area (Å²) in [7, 11) is 1.48. The summed E-state index contributed by atoms with van der Waals surface area (Å²) in [5.74, 6) is -0.644. The minimum atomic E-state index is -0.750. The predicted molar refractivity (Wildman–Crippen MR) is 110 cm³/mol. The SMILES string of the molecule is CC[C@@H](C)NC(=O)NC(=O)COC(=O)/C=C/c1cc(Cl)c(OC(C)C)c(OC)c1. The maximum atomic E-state index is 11.8. The van der Waals surface area contributed by atoms with E-state index in [2.05, 4.69) is 10.6 Å². The number of hydrogen-bond acceptors (Lipinski definition) is 6. The van der Waals surface area contributed by atoms with Crippen LogP contribution in [0.4, 0.5) is 4.79 Å². The Bertz CT molecular complexity index is 764. The molecule has 8 nitrogen and oxygen atoms in total. The van der Waals surface area contributed by atoms with Crippen LogP contribution in [-0.4, -0.2) is 43.8 Å². The van der Waals surface area contributed by atoms with Crippen LogP contribution in [0.5, 0.6) is 11.5 Å². The van der Waals surface area contributed by atoms with Crippen LogP contribution < -0.4 is 20.1 Å². The summed E-state index contributed by atoms with van der Waals surface area (Å²) in [6, 6.07) is 2.55. The normalized spacial score (nSPS) is 11.8. The van der Waals surface area contributed by atoms with E-state index in [1.54, 1.807) is 19.1 Å². The molecule has 0 heterocycles. The van der Waals surface area contributed by atoms with Crippen LogP contribution in [0.25, 0.3) is 6.08 Å². The number of benzene rings is 1. The van der Waals surface area contributed by atoms with E-state index in [0.717, 1.165) is 12.5 Å². The quantitative estimate of drug-likeness (QED) is 0.463. The Hall–Kier alpha value is -2.74. The number of hydrogen-bond donors (Lipinski definition) is 2. The van der Waals surface area contributed by atoms with Crippen LogP contribution in [-0.2, 0) is 14.3 Å². The lowest BCUT2D eigenvalue weighted by Crippen LogP contribution is -2.44. The van der Waals surface area contributed by atoms with Gasteiger partial charge in [0.15, 0.2) is 18.1 Å². The van der Waals surface area contributed by atoms with Gasteiger partial charge in [0.25, 0.3) is 5.91 Å². The number of ether oxygens (including phenoxy) is 3. The zero-order valence-electron chi connectivity index (χ0n) is 17.2. The number of carbonyl (C=O) groups excluding carboxylic acids is 3. The van der Waals surface area contributed by atoms with Gasteiger partial charge in [0, 0.05) is 12.1 Å². The van der Waals surface area contributed by atoms with Crippen LogP contribution in [0, 0.1) is 0 Å². The first-order valence-electron chi connectivity index (χ1n) is 9.15. The van der Waals surface area contributed by atoms with Gasteiger partial charge >= 0.3 is 12.0 Å². The number of carbonyl (C=O) groups is 3. The van der Waals surface area contributed by atoms with Crippen molar-refractivity contribution < 1.29 is 28.6 Å². The fraction of sp³-hybridized carbons (Fsp3) is 0.450. The highest BCUT2D eigenvalue weighted by molar-refractivity contribution is 6.32. The summed E-state index contributed by atoms with van der Waals surface area (Å²) in [5, 5.41) is 4.98. The van der Waals surface area contributed by atoms with Crippen molar-refractivity contribution in [2.45, 2.75) is 46.3 Å². The molecule has 0 aliphatic rings. The lowest BCUT2D eigenvalue weighted by Gasteiger charge is -2.15. The molecule has 0 aliphatic carbocycles. The average Bonchev–Trinajstić information content (AvgIpc) is 2.65. The molecule has 1 atom stereocenters. The van der Waals surface area contributed by atoms with Gasteiger partial charge in [0.05, 0.1) is 18.2 Å². The third-order valence-corrected chi connectivity index (χ3v) is 3.89. The smallest absolute Gasteiger partial charge is 0.331 e. The highest BCUT2D eigenvalue weighted by Gasteiger charge is 2.14. The van der Waals surface area contributed by atoms with E-state index in [1.165, 1.54) is 13.2 Å². The van der Waals surface area contributed by atoms with Crippen molar-refractivity contribution >= 4 is 35.6 Å². The Morgan fingerprint density at radius 3 is 2.48 bits per heavy atom. The van der Waals surface area contributed by atoms with Gasteiger partial charge < -0.3 is 19.5 Å². The molecule has 0 aliphatic heterocycles. The molecular weight excluding hydrogens is 400 g/mol. The Morgan fingerprint density at radius 1 is 1.21 bits per heavy atom. The van der Waals surface area contributed by atoms with Crippen molar-refractivity contribution in [2.24, 2.45) is 0 Å². The van der Waals surface area contributed by atoms with Gasteiger partial charge in [-0.15, -0.1) is 0 Å². The summed E-state index contributed by atoms with van der Waals surface area (Å²) >= 11 is 6.22. The molecule has 0 unspecified atom stereocenters. The molecule has 1 aromatic rings. The first-order valence-corrected chi connectivity index (χ1v) is 9.53. The Balaban J connectivity index is 2.63. The van der Waals surface area contributed by atoms with Gasteiger partial charge in [-0.2, -0.15) is 0 Å². The maximum Gasteiger partial charge on any atom is 0.331 e. The molecule has 9 heteroatoms. The highest BCUT2D eigenvalue weighted by atomic mass is 35.5. The monoisotopic (exact) mass is 426 g/mol. The third kappa shape index (κ3) is 8.87. The van der Waals surface area contributed by atoms with Crippen molar-refractivity contribution in [1.82, 2.24) is 10.6 Å². The Kier molecular flexibility index (Phi) is 10.0. The van der Waals surface area contributed by atoms with E-state index >= 15 is 0 Å². The number of nitrogens with one attached hydrogen (secondary N) is 2. The zero-order chi connectivity index (χ0) is 22.0. The molecule has 1 rings (SSSR count). The molecule has 1 aromatic carbocycles. The van der Waals surface area contributed by atoms with Crippen molar-refractivity contribution in [3.8, 4) is 11.5 Å². The molecule has 29 heavy (non-hydrogen) atoms. The van der Waals surface area contributed by atoms with Crippen LogP contribution in [0.2, 0.25) is 5.02 Å². The van der Waals surface area contributed by atoms with Crippen molar-refractivity contribution in [3.63, 3.8) is 0 Å². The molecule has 0 aromatic heterocycles. The zero-order valence-corrected chi connectivity index (χ0v) is 18.0. The summed E-state index contributed by atoms with van der Waals surface area (Å²) in [6.45, 7) is 6.85. The Morgan fingerprint density at radius 2 is 1.90 bits per heavy atom. The molecule has 0 fully saturated rings. The minimum Gasteiger partial charge on any atom is -0.493 e. The van der Waals surface area contributed by atoms with Crippen molar-refractivity contribution in [1.29, 1.82) is 0 Å². The first-order chi connectivity index (χ1) is 13.7. The van der Waals surface area contributed by atoms with Gasteiger partial charge in [-0.05, 0) is 51.0 Å². The van der Waals surface area contributed by atoms with Crippen LogP contribution >= 0.6 is 11.6 Å². The summed E-state index contributed by atoms with van der Waals surface area (Å²) in [6.07, 6.45) is 3.24. The van der Waals surface area contributed by atoms with Crippen molar-refractivity contribution in [2.75, 3.05) is 13.7 Å². The molecule has 0 saturated carbocycles. The lowest BCUT2D eigenvalue weighted by molar-refractivity contribution is -0.143. The number of urea groups is 1. The van der Waals surface area contributed by atoms with E-state index in [4.69, 9.17) is 25.8 Å². The summed E-state index contributed by atoms with van der Waals surface area (Å²) in [4.78, 5) is 35.0. The molecule has 160 valence electrons. The van der Waals surface area contributed by atoms with Crippen molar-refractivity contribution in [3.05, 3.63) is 28.8 Å². The van der Waals surface area contributed by atoms with Gasteiger partial charge in [-0.1, -0.05) is 18.5 Å². The second kappa shape index (κ2) is 12.0. The predicted octanol–water partition coefficient (Wildman–Crippen LogP) is 3.32. The van der Waals surface area contributed by atoms with Gasteiger partial charge in [0.2, 0.25) is 0 Å². The fourth-order valence-electron chi connectivity index (χ4n) is 2.06. The average molecular weight is 427 g/mol. The minimum absolute atomic E-state index is 0.0746. The van der Waals surface area contributed by atoms with Crippen LogP contribution in [0.1, 0.15) is 39.7 Å². The molecule has 2 N–H and O–H groups in total. The maximum absolute atomic E-state index is 11.8. The number of esters is 1. The largest absolute Gasteiger partial charge is 0.493 e. The van der Waals surface area contributed by atoms with Crippen LogP contribution in [0.3, 0.4) is 0 Å². The second-order valence-corrected chi connectivity index (χ2v) is 6.88. The summed E-state index contributed by atoms with van der Waals surface area (Å²) < 4.78 is 15.7. The molecule has 0 radical (unpaired) electrons. The van der Waals surface area contributed by atoms with Gasteiger partial charge in [-0.25, -0.2) is 9.59 Å². The number of methoxy groups -OCH3 is 1. The number of rotatable bonds is 9. The molecular formula is C20H27ClN2O6. The second-order valence-electron chi connectivity index (χ2n) is 6.47. The van der Waals surface area contributed by atoms with E-state index in [-0.39, 0.29) is 12.1 Å². The molecule has 0 bridgehead atoms. The third-order valence-electron chi connectivity index (χ3n) is 3.61.